The molecule has 0 aliphatic rings. The highest BCUT2D eigenvalue weighted by Crippen LogP contribution is 2.26. The van der Waals surface area contributed by atoms with Gasteiger partial charge in [-0.05, 0) is 13.5 Å². The molecule has 0 aromatic carbocycles. The van der Waals surface area contributed by atoms with Gasteiger partial charge >= 0.3 is 0 Å². The largest absolute Gasteiger partial charge is 0.493 e. The average molecular weight is 197 g/mol. The molecule has 14 heavy (non-hydrogen) atoms. The third kappa shape index (κ3) is 2.07. The fourth-order valence-electron chi connectivity index (χ4n) is 1.69. The van der Waals surface area contributed by atoms with Crippen LogP contribution in [0.2, 0.25) is 0 Å². The summed E-state index contributed by atoms with van der Waals surface area (Å²) in [7, 11) is 5.59. The molecule has 0 saturated carbocycles. The molecule has 80 valence electrons. The van der Waals surface area contributed by atoms with E-state index >= 15 is 0 Å². The van der Waals surface area contributed by atoms with E-state index in [0.717, 1.165) is 24.3 Å². The van der Waals surface area contributed by atoms with Crippen molar-refractivity contribution in [1.29, 1.82) is 0 Å². The number of rotatable bonds is 5. The van der Waals surface area contributed by atoms with Crippen molar-refractivity contribution in [3.63, 3.8) is 0 Å². The lowest BCUT2D eigenvalue weighted by Crippen LogP contribution is -2.19. The third-order valence-corrected chi connectivity index (χ3v) is 2.43. The van der Waals surface area contributed by atoms with Crippen LogP contribution in [0, 0.1) is 0 Å². The first kappa shape index (κ1) is 11.0. The number of ether oxygens (including phenoxy) is 1. The molecule has 0 amide bonds. The quantitative estimate of drug-likeness (QED) is 0.777. The predicted molar refractivity (Wildman–Crippen MR) is 56.5 cm³/mol. The maximum Gasteiger partial charge on any atom is 0.161 e. The zero-order chi connectivity index (χ0) is 10.6. The van der Waals surface area contributed by atoms with Crippen LogP contribution in [0.1, 0.15) is 31.5 Å². The van der Waals surface area contributed by atoms with Crippen molar-refractivity contribution < 1.29 is 4.74 Å². The molecule has 0 spiro atoms. The second kappa shape index (κ2) is 5.00. The van der Waals surface area contributed by atoms with Crippen molar-refractivity contribution in [1.82, 2.24) is 15.1 Å². The van der Waals surface area contributed by atoms with Crippen molar-refractivity contribution in [3.05, 3.63) is 11.9 Å². The molecule has 1 atom stereocenters. The van der Waals surface area contributed by atoms with Gasteiger partial charge in [0, 0.05) is 7.05 Å². The number of hydrogen-bond acceptors (Lipinski definition) is 3. The van der Waals surface area contributed by atoms with E-state index in [9.17, 15) is 0 Å². The lowest BCUT2D eigenvalue weighted by atomic mass is 10.1. The average Bonchev–Trinajstić information content (AvgIpc) is 2.56. The van der Waals surface area contributed by atoms with E-state index < -0.39 is 0 Å². The summed E-state index contributed by atoms with van der Waals surface area (Å²) in [5.74, 6) is 0.861. The van der Waals surface area contributed by atoms with Gasteiger partial charge in [-0.1, -0.05) is 13.3 Å². The van der Waals surface area contributed by atoms with E-state index in [4.69, 9.17) is 4.74 Å². The van der Waals surface area contributed by atoms with E-state index in [1.165, 1.54) is 0 Å². The SMILES string of the molecule is CCCC(NC)c1c(OC)cnn1C. The van der Waals surface area contributed by atoms with Gasteiger partial charge in [0.2, 0.25) is 0 Å². The van der Waals surface area contributed by atoms with Crippen LogP contribution in [0.3, 0.4) is 0 Å². The Hall–Kier alpha value is -1.03. The zero-order valence-corrected chi connectivity index (χ0v) is 9.37. The molecular formula is C10H19N3O. The van der Waals surface area contributed by atoms with Gasteiger partial charge in [-0.2, -0.15) is 5.10 Å². The van der Waals surface area contributed by atoms with Gasteiger partial charge < -0.3 is 10.1 Å². The van der Waals surface area contributed by atoms with Crippen molar-refractivity contribution in [3.8, 4) is 5.75 Å². The van der Waals surface area contributed by atoms with E-state index in [-0.39, 0.29) is 0 Å². The number of nitrogens with one attached hydrogen (secondary N) is 1. The van der Waals surface area contributed by atoms with E-state index in [0.29, 0.717) is 6.04 Å². The first-order valence-electron chi connectivity index (χ1n) is 4.97. The number of aryl methyl sites for hydroxylation is 1. The lowest BCUT2D eigenvalue weighted by molar-refractivity contribution is 0.393. The van der Waals surface area contributed by atoms with Crippen LogP contribution >= 0.6 is 0 Å². The van der Waals surface area contributed by atoms with Crippen molar-refractivity contribution >= 4 is 0 Å². The Bertz CT molecular complexity index is 283. The first-order valence-corrected chi connectivity index (χ1v) is 4.97. The van der Waals surface area contributed by atoms with Gasteiger partial charge in [0.05, 0.1) is 25.0 Å². The standard InChI is InChI=1S/C10H19N3O/c1-5-6-8(11-2)10-9(14-4)7-12-13(10)3/h7-8,11H,5-6H2,1-4H3. The van der Waals surface area contributed by atoms with Gasteiger partial charge in [-0.3, -0.25) is 4.68 Å². The molecule has 1 aromatic heterocycles. The predicted octanol–water partition coefficient (Wildman–Crippen LogP) is 1.49. The van der Waals surface area contributed by atoms with Crippen molar-refractivity contribution in [2.75, 3.05) is 14.2 Å². The van der Waals surface area contributed by atoms with Gasteiger partial charge in [0.1, 0.15) is 0 Å². The van der Waals surface area contributed by atoms with Crippen LogP contribution in [0.25, 0.3) is 0 Å². The molecule has 0 aliphatic heterocycles. The second-order valence-electron chi connectivity index (χ2n) is 3.35. The summed E-state index contributed by atoms with van der Waals surface area (Å²) in [5.41, 5.74) is 1.12. The van der Waals surface area contributed by atoms with Crippen LogP contribution in [-0.2, 0) is 7.05 Å². The molecule has 1 aromatic rings. The Kier molecular flexibility index (Phi) is 3.95. The summed E-state index contributed by atoms with van der Waals surface area (Å²) in [6.07, 6.45) is 3.99. The monoisotopic (exact) mass is 197 g/mol. The Balaban J connectivity index is 2.94. The molecule has 0 radical (unpaired) electrons. The van der Waals surface area contributed by atoms with Crippen LogP contribution in [-0.4, -0.2) is 23.9 Å². The minimum absolute atomic E-state index is 0.322. The molecule has 0 aliphatic carbocycles. The van der Waals surface area contributed by atoms with Gasteiger partial charge in [0.25, 0.3) is 0 Å². The summed E-state index contributed by atoms with van der Waals surface area (Å²) in [4.78, 5) is 0. The fraction of sp³-hybridized carbons (Fsp3) is 0.700. The zero-order valence-electron chi connectivity index (χ0n) is 9.37. The molecule has 1 rings (SSSR count). The summed E-state index contributed by atoms with van der Waals surface area (Å²) in [5, 5.41) is 7.47. The lowest BCUT2D eigenvalue weighted by Gasteiger charge is -2.16. The molecular weight excluding hydrogens is 178 g/mol. The molecule has 1 heterocycles. The molecule has 1 N–H and O–H groups in total. The third-order valence-electron chi connectivity index (χ3n) is 2.43. The maximum atomic E-state index is 5.27. The van der Waals surface area contributed by atoms with Crippen molar-refractivity contribution in [2.24, 2.45) is 7.05 Å². The van der Waals surface area contributed by atoms with Crippen LogP contribution in [0.15, 0.2) is 6.20 Å². The summed E-state index contributed by atoms with van der Waals surface area (Å²) in [6.45, 7) is 2.17. The maximum absolute atomic E-state index is 5.27. The van der Waals surface area contributed by atoms with Crippen LogP contribution < -0.4 is 10.1 Å². The number of hydrogen-bond donors (Lipinski definition) is 1. The second-order valence-corrected chi connectivity index (χ2v) is 3.35. The Morgan fingerprint density at radius 2 is 2.36 bits per heavy atom. The van der Waals surface area contributed by atoms with E-state index in [1.807, 2.05) is 18.8 Å². The molecule has 0 fully saturated rings. The highest BCUT2D eigenvalue weighted by molar-refractivity contribution is 5.28. The normalized spacial score (nSPS) is 12.9. The van der Waals surface area contributed by atoms with Gasteiger partial charge in [-0.25, -0.2) is 0 Å². The van der Waals surface area contributed by atoms with Crippen LogP contribution in [0.5, 0.6) is 5.75 Å². The fourth-order valence-corrected chi connectivity index (χ4v) is 1.69. The molecule has 1 unspecified atom stereocenters. The Labute approximate surface area is 85.3 Å². The molecule has 0 saturated heterocycles. The summed E-state index contributed by atoms with van der Waals surface area (Å²) in [6, 6.07) is 0.322. The Morgan fingerprint density at radius 3 is 2.86 bits per heavy atom. The number of methoxy groups -OCH3 is 1. The van der Waals surface area contributed by atoms with E-state index in [1.54, 1.807) is 13.3 Å². The number of aromatic nitrogens is 2. The minimum Gasteiger partial charge on any atom is -0.493 e. The smallest absolute Gasteiger partial charge is 0.161 e. The van der Waals surface area contributed by atoms with E-state index in [2.05, 4.69) is 17.3 Å². The van der Waals surface area contributed by atoms with Gasteiger partial charge in [-0.15, -0.1) is 0 Å². The van der Waals surface area contributed by atoms with Gasteiger partial charge in [0.15, 0.2) is 5.75 Å². The highest BCUT2D eigenvalue weighted by Gasteiger charge is 2.17. The summed E-state index contributed by atoms with van der Waals surface area (Å²) < 4.78 is 7.14. The van der Waals surface area contributed by atoms with Crippen molar-refractivity contribution in [2.45, 2.75) is 25.8 Å². The highest BCUT2D eigenvalue weighted by atomic mass is 16.5. The number of nitrogens with zero attached hydrogens (tertiary/aromatic N) is 2. The van der Waals surface area contributed by atoms with Crippen LogP contribution in [0.4, 0.5) is 0 Å². The Morgan fingerprint density at radius 1 is 1.64 bits per heavy atom. The summed E-state index contributed by atoms with van der Waals surface area (Å²) >= 11 is 0. The minimum atomic E-state index is 0.322. The molecule has 4 heteroatoms. The first-order chi connectivity index (χ1) is 6.74. The topological polar surface area (TPSA) is 39.1 Å². The molecule has 0 bridgehead atoms. The molecule has 4 nitrogen and oxygen atoms in total.